The molecule has 7 nitrogen and oxygen atoms in total. The Morgan fingerprint density at radius 2 is 1.66 bits per heavy atom. The summed E-state index contributed by atoms with van der Waals surface area (Å²) in [5, 5.41) is 11.7. The molecule has 0 atom stereocenters. The summed E-state index contributed by atoms with van der Waals surface area (Å²) in [6.45, 7) is 3.74. The van der Waals surface area contributed by atoms with Gasteiger partial charge in [-0.05, 0) is 67.8 Å². The van der Waals surface area contributed by atoms with Crippen LogP contribution in [0.5, 0.6) is 0 Å². The normalized spacial score (nSPS) is 15.8. The molecule has 1 fully saturated rings. The monoisotopic (exact) mass is 488 g/mol. The van der Waals surface area contributed by atoms with Crippen molar-refractivity contribution in [3.05, 3.63) is 71.1 Å². The molecule has 4 heterocycles. The van der Waals surface area contributed by atoms with E-state index in [0.29, 0.717) is 25.2 Å². The minimum atomic E-state index is -0.356. The molecular formula is C26H25FN6OS. The van der Waals surface area contributed by atoms with Crippen molar-refractivity contribution < 1.29 is 9.18 Å². The fraction of sp³-hybridized carbons (Fsp3) is 0.308. The van der Waals surface area contributed by atoms with Crippen LogP contribution in [-0.2, 0) is 13.1 Å². The van der Waals surface area contributed by atoms with Crippen molar-refractivity contribution in [3.63, 3.8) is 0 Å². The molecule has 0 spiro atoms. The molecule has 0 bridgehead atoms. The van der Waals surface area contributed by atoms with Crippen molar-refractivity contribution >= 4 is 22.9 Å². The van der Waals surface area contributed by atoms with E-state index < -0.39 is 0 Å². The van der Waals surface area contributed by atoms with Gasteiger partial charge in [-0.2, -0.15) is 0 Å². The van der Waals surface area contributed by atoms with Crippen LogP contribution in [0.4, 0.5) is 10.1 Å². The third-order valence-electron chi connectivity index (χ3n) is 6.70. The van der Waals surface area contributed by atoms with Crippen LogP contribution in [0.1, 0.15) is 35.4 Å². The highest BCUT2D eigenvalue weighted by Crippen LogP contribution is 2.31. The zero-order valence-corrected chi connectivity index (χ0v) is 20.0. The third kappa shape index (κ3) is 4.32. The summed E-state index contributed by atoms with van der Waals surface area (Å²) >= 11 is 1.60. The molecule has 2 aliphatic rings. The quantitative estimate of drug-likeness (QED) is 0.411. The Balaban J connectivity index is 1.18. The van der Waals surface area contributed by atoms with Gasteiger partial charge in [-0.1, -0.05) is 0 Å². The van der Waals surface area contributed by atoms with Gasteiger partial charge in [0.15, 0.2) is 11.6 Å². The largest absolute Gasteiger partial charge is 0.372 e. The molecule has 35 heavy (non-hydrogen) atoms. The third-order valence-corrected chi connectivity index (χ3v) is 7.59. The number of benzene rings is 2. The summed E-state index contributed by atoms with van der Waals surface area (Å²) in [5.74, 6) is 0.957. The molecule has 0 aliphatic carbocycles. The number of fused-ring (bicyclic) bond motifs is 1. The molecule has 2 aromatic carbocycles. The van der Waals surface area contributed by atoms with Gasteiger partial charge in [-0.3, -0.25) is 4.79 Å². The number of aromatic nitrogens is 4. The zero-order valence-electron chi connectivity index (χ0n) is 19.2. The van der Waals surface area contributed by atoms with Gasteiger partial charge >= 0.3 is 0 Å². The van der Waals surface area contributed by atoms with E-state index in [9.17, 15) is 9.18 Å². The highest BCUT2D eigenvalue weighted by Gasteiger charge is 2.26. The molecule has 1 saturated heterocycles. The van der Waals surface area contributed by atoms with Crippen LogP contribution in [-0.4, -0.2) is 50.2 Å². The topological polar surface area (TPSA) is 67.2 Å². The zero-order chi connectivity index (χ0) is 23.8. The Bertz CT molecular complexity index is 1340. The van der Waals surface area contributed by atoms with Crippen LogP contribution in [0.3, 0.4) is 0 Å². The Labute approximate surface area is 206 Å². The van der Waals surface area contributed by atoms with Gasteiger partial charge < -0.3 is 14.4 Å². The standard InChI is InChI=1S/C26H25FN6OS/c27-20-8-4-19(5-9-20)26(34)32-14-15-33-23(16-32)29-30-24(33)22-17-35-25(28-22)18-6-10-21(11-7-18)31-12-2-1-3-13-31/h4-11,17H,1-3,12-16H2. The maximum Gasteiger partial charge on any atom is 0.254 e. The fourth-order valence-electron chi connectivity index (χ4n) is 4.77. The number of rotatable bonds is 4. The van der Waals surface area contributed by atoms with Crippen molar-refractivity contribution in [2.24, 2.45) is 0 Å². The molecule has 0 radical (unpaired) electrons. The lowest BCUT2D eigenvalue weighted by atomic mass is 10.1. The van der Waals surface area contributed by atoms with Crippen molar-refractivity contribution in [1.82, 2.24) is 24.6 Å². The highest BCUT2D eigenvalue weighted by molar-refractivity contribution is 7.13. The first-order valence-electron chi connectivity index (χ1n) is 11.9. The lowest BCUT2D eigenvalue weighted by Gasteiger charge is -2.28. The summed E-state index contributed by atoms with van der Waals surface area (Å²) in [7, 11) is 0. The van der Waals surface area contributed by atoms with E-state index in [4.69, 9.17) is 4.98 Å². The fourth-order valence-corrected chi connectivity index (χ4v) is 5.58. The second kappa shape index (κ2) is 9.22. The molecule has 0 unspecified atom stereocenters. The van der Waals surface area contributed by atoms with Gasteiger partial charge in [-0.15, -0.1) is 21.5 Å². The number of hydrogen-bond acceptors (Lipinski definition) is 6. The van der Waals surface area contributed by atoms with Crippen molar-refractivity contribution in [2.75, 3.05) is 24.5 Å². The van der Waals surface area contributed by atoms with Crippen LogP contribution >= 0.6 is 11.3 Å². The van der Waals surface area contributed by atoms with Gasteiger partial charge in [0.25, 0.3) is 5.91 Å². The first-order valence-corrected chi connectivity index (χ1v) is 12.8. The molecule has 2 aromatic heterocycles. The first-order chi connectivity index (χ1) is 17.2. The van der Waals surface area contributed by atoms with Gasteiger partial charge in [0.2, 0.25) is 0 Å². The summed E-state index contributed by atoms with van der Waals surface area (Å²) < 4.78 is 15.2. The maximum absolute atomic E-state index is 13.2. The number of nitrogens with zero attached hydrogens (tertiary/aromatic N) is 6. The number of piperidine rings is 1. The van der Waals surface area contributed by atoms with E-state index in [1.807, 2.05) is 9.95 Å². The van der Waals surface area contributed by atoms with Crippen molar-refractivity contribution in [3.8, 4) is 22.1 Å². The Morgan fingerprint density at radius 1 is 0.886 bits per heavy atom. The Morgan fingerprint density at radius 3 is 2.43 bits per heavy atom. The number of carbonyl (C=O) groups excluding carboxylic acids is 1. The number of carbonyl (C=O) groups is 1. The summed E-state index contributed by atoms with van der Waals surface area (Å²) in [6.07, 6.45) is 3.85. The number of anilines is 1. The number of thiazole rings is 1. The molecule has 178 valence electrons. The molecule has 1 amide bonds. The molecule has 0 N–H and O–H groups in total. The van der Waals surface area contributed by atoms with Gasteiger partial charge in [0, 0.05) is 48.4 Å². The van der Waals surface area contributed by atoms with E-state index in [2.05, 4.69) is 39.4 Å². The number of amides is 1. The summed E-state index contributed by atoms with van der Waals surface area (Å²) in [5.41, 5.74) is 3.63. The minimum absolute atomic E-state index is 0.134. The molecule has 9 heteroatoms. The van der Waals surface area contributed by atoms with E-state index in [1.54, 1.807) is 16.2 Å². The number of hydrogen-bond donors (Lipinski definition) is 0. The predicted molar refractivity (Wildman–Crippen MR) is 134 cm³/mol. The van der Waals surface area contributed by atoms with Gasteiger partial charge in [-0.25, -0.2) is 9.37 Å². The predicted octanol–water partition coefficient (Wildman–Crippen LogP) is 4.85. The highest BCUT2D eigenvalue weighted by atomic mass is 32.1. The van der Waals surface area contributed by atoms with Crippen molar-refractivity contribution in [1.29, 1.82) is 0 Å². The second-order valence-electron chi connectivity index (χ2n) is 8.96. The molecular weight excluding hydrogens is 463 g/mol. The van der Waals surface area contributed by atoms with Crippen LogP contribution in [0.15, 0.2) is 53.9 Å². The Kier molecular flexibility index (Phi) is 5.77. The van der Waals surface area contributed by atoms with Crippen LogP contribution < -0.4 is 4.90 Å². The first kappa shape index (κ1) is 21.9. The SMILES string of the molecule is O=C(c1ccc(F)cc1)N1CCn2c(nnc2-c2csc(-c3ccc(N4CCCCC4)cc3)n2)C1. The summed E-state index contributed by atoms with van der Waals surface area (Å²) in [4.78, 5) is 21.8. The molecule has 6 rings (SSSR count). The lowest BCUT2D eigenvalue weighted by Crippen LogP contribution is -2.38. The average Bonchev–Trinajstić information content (AvgIpc) is 3.56. The van der Waals surface area contributed by atoms with Gasteiger partial charge in [0.1, 0.15) is 16.5 Å². The average molecular weight is 489 g/mol. The number of halogens is 1. The smallest absolute Gasteiger partial charge is 0.254 e. The van der Waals surface area contributed by atoms with E-state index in [-0.39, 0.29) is 11.7 Å². The molecule has 4 aromatic rings. The Hall–Kier alpha value is -3.59. The van der Waals surface area contributed by atoms with Crippen LogP contribution in [0.2, 0.25) is 0 Å². The lowest BCUT2D eigenvalue weighted by molar-refractivity contribution is 0.0708. The van der Waals surface area contributed by atoms with E-state index >= 15 is 0 Å². The van der Waals surface area contributed by atoms with Gasteiger partial charge in [0.05, 0.1) is 6.54 Å². The van der Waals surface area contributed by atoms with Crippen molar-refractivity contribution in [2.45, 2.75) is 32.4 Å². The molecule has 2 aliphatic heterocycles. The van der Waals surface area contributed by atoms with E-state index in [0.717, 1.165) is 41.0 Å². The maximum atomic E-state index is 13.2. The van der Waals surface area contributed by atoms with E-state index in [1.165, 1.54) is 49.2 Å². The summed E-state index contributed by atoms with van der Waals surface area (Å²) in [6, 6.07) is 14.3. The van der Waals surface area contributed by atoms with Crippen LogP contribution in [0, 0.1) is 5.82 Å². The second-order valence-corrected chi connectivity index (χ2v) is 9.82. The minimum Gasteiger partial charge on any atom is -0.372 e. The van der Waals surface area contributed by atoms with Crippen LogP contribution in [0.25, 0.3) is 22.1 Å². The molecule has 0 saturated carbocycles.